The zero-order valence-electron chi connectivity index (χ0n) is 16.2. The van der Waals surface area contributed by atoms with Crippen molar-refractivity contribution in [1.29, 1.82) is 5.26 Å². The number of likely N-dealkylation sites (N-methyl/N-ethyl adjacent to an activating group) is 1. The number of rotatable bonds is 5. The van der Waals surface area contributed by atoms with Crippen LogP contribution in [0.2, 0.25) is 0 Å². The molecule has 0 amide bonds. The third kappa shape index (κ3) is 3.38. The average Bonchev–Trinajstić information content (AvgIpc) is 3.22. The first-order valence-corrected chi connectivity index (χ1v) is 10.2. The van der Waals surface area contributed by atoms with Crippen LogP contribution in [-0.2, 0) is 7.05 Å². The monoisotopic (exact) mass is 447 g/mol. The number of halogens is 2. The second kappa shape index (κ2) is 7.37. The summed E-state index contributed by atoms with van der Waals surface area (Å²) in [7, 11) is 5.83. The second-order valence-corrected chi connectivity index (χ2v) is 8.56. The lowest BCUT2D eigenvalue weighted by Crippen LogP contribution is -2.31. The van der Waals surface area contributed by atoms with Gasteiger partial charge in [-0.25, -0.2) is 4.39 Å². The summed E-state index contributed by atoms with van der Waals surface area (Å²) in [5, 5.41) is 14.1. The molecule has 8 heteroatoms. The van der Waals surface area contributed by atoms with Crippen LogP contribution < -0.4 is 9.64 Å². The predicted molar refractivity (Wildman–Crippen MR) is 109 cm³/mol. The molecule has 1 saturated heterocycles. The molecular weight excluding hydrogens is 425 g/mol. The van der Waals surface area contributed by atoms with Crippen LogP contribution in [0.15, 0.2) is 16.7 Å². The van der Waals surface area contributed by atoms with Crippen LogP contribution in [0.1, 0.15) is 24.8 Å². The van der Waals surface area contributed by atoms with Crippen molar-refractivity contribution in [3.8, 4) is 23.1 Å². The smallest absolute Gasteiger partial charge is 0.157 e. The summed E-state index contributed by atoms with van der Waals surface area (Å²) in [4.78, 5) is 4.22. The lowest BCUT2D eigenvalue weighted by Gasteiger charge is -2.24. The van der Waals surface area contributed by atoms with E-state index in [-0.39, 0.29) is 17.2 Å². The topological polar surface area (TPSA) is 57.3 Å². The van der Waals surface area contributed by atoms with Crippen LogP contribution in [0, 0.1) is 17.1 Å². The molecule has 2 heterocycles. The molecule has 2 fully saturated rings. The predicted octanol–water partition coefficient (Wildman–Crippen LogP) is 3.54. The number of aryl methyl sites for hydroxylation is 1. The minimum atomic E-state index is -0.400. The maximum Gasteiger partial charge on any atom is 0.157 e. The van der Waals surface area contributed by atoms with Gasteiger partial charge in [0.15, 0.2) is 5.82 Å². The molecule has 1 aliphatic carbocycles. The van der Waals surface area contributed by atoms with Gasteiger partial charge in [0.2, 0.25) is 0 Å². The van der Waals surface area contributed by atoms with Crippen LogP contribution in [0.25, 0.3) is 11.3 Å². The lowest BCUT2D eigenvalue weighted by molar-refractivity contribution is 0.302. The zero-order valence-corrected chi connectivity index (χ0v) is 17.8. The molecule has 1 aromatic carbocycles. The minimum absolute atomic E-state index is 0.112. The maximum atomic E-state index is 15.8. The van der Waals surface area contributed by atoms with Crippen molar-refractivity contribution in [1.82, 2.24) is 14.7 Å². The molecule has 1 aromatic heterocycles. The Balaban J connectivity index is 1.88. The summed E-state index contributed by atoms with van der Waals surface area (Å²) in [6.45, 7) is 1.51. The van der Waals surface area contributed by atoms with Gasteiger partial charge in [0.1, 0.15) is 17.4 Å². The summed E-state index contributed by atoms with van der Waals surface area (Å²) in [5.41, 5.74) is 1.50. The van der Waals surface area contributed by atoms with Crippen molar-refractivity contribution in [2.24, 2.45) is 7.05 Å². The maximum absolute atomic E-state index is 15.8. The summed E-state index contributed by atoms with van der Waals surface area (Å²) in [6, 6.07) is 4.25. The first-order chi connectivity index (χ1) is 13.4. The molecule has 6 nitrogen and oxygen atoms in total. The van der Waals surface area contributed by atoms with Gasteiger partial charge in [-0.3, -0.25) is 4.68 Å². The fourth-order valence-corrected chi connectivity index (χ4v) is 4.26. The average molecular weight is 448 g/mol. The van der Waals surface area contributed by atoms with E-state index in [1.54, 1.807) is 24.0 Å². The Morgan fingerprint density at radius 3 is 2.64 bits per heavy atom. The van der Waals surface area contributed by atoms with E-state index in [2.05, 4.69) is 36.9 Å². The fourth-order valence-electron chi connectivity index (χ4n) is 3.72. The molecule has 0 bridgehead atoms. The highest BCUT2D eigenvalue weighted by molar-refractivity contribution is 9.10. The molecule has 148 valence electrons. The van der Waals surface area contributed by atoms with E-state index >= 15 is 4.39 Å². The van der Waals surface area contributed by atoms with Crippen LogP contribution in [0.5, 0.6) is 5.75 Å². The number of hydrogen-bond donors (Lipinski definition) is 0. The van der Waals surface area contributed by atoms with Gasteiger partial charge in [0.05, 0.1) is 33.7 Å². The highest BCUT2D eigenvalue weighted by atomic mass is 79.9. The number of aromatic nitrogens is 2. The quantitative estimate of drug-likeness (QED) is 0.701. The van der Waals surface area contributed by atoms with Crippen molar-refractivity contribution in [3.63, 3.8) is 0 Å². The molecule has 0 N–H and O–H groups in total. The molecule has 2 aromatic rings. The van der Waals surface area contributed by atoms with Crippen LogP contribution >= 0.6 is 15.9 Å². The highest BCUT2D eigenvalue weighted by Gasteiger charge is 2.33. The van der Waals surface area contributed by atoms with Gasteiger partial charge in [-0.15, -0.1) is 0 Å². The van der Waals surface area contributed by atoms with Crippen LogP contribution in [-0.4, -0.2) is 54.0 Å². The molecule has 1 saturated carbocycles. The fraction of sp³-hybridized carbons (Fsp3) is 0.500. The molecular formula is C20H23BrFN5O. The SMILES string of the molecule is CN(C)C1CCN(c2cc(OC3CC3)c(C#N)c(-c3c(Br)cnn3C)c2F)C1. The molecule has 2 aliphatic rings. The van der Waals surface area contributed by atoms with E-state index in [4.69, 9.17) is 4.74 Å². The largest absolute Gasteiger partial charge is 0.489 e. The third-order valence-corrected chi connectivity index (χ3v) is 6.08. The van der Waals surface area contributed by atoms with E-state index in [9.17, 15) is 5.26 Å². The third-order valence-electron chi connectivity index (χ3n) is 5.50. The van der Waals surface area contributed by atoms with Crippen LogP contribution in [0.4, 0.5) is 10.1 Å². The Hall–Kier alpha value is -2.11. The summed E-state index contributed by atoms with van der Waals surface area (Å²) < 4.78 is 24.1. The standard InChI is InChI=1S/C20H23BrFN5O/c1-25(2)12-6-7-27(11-12)16-8-17(28-13-4-5-13)14(9-23)18(19(16)22)20-15(21)10-24-26(20)3/h8,10,12-13H,4-7,11H2,1-3H3. The normalized spacial score (nSPS) is 19.3. The zero-order chi connectivity index (χ0) is 20.0. The molecule has 1 unspecified atom stereocenters. The minimum Gasteiger partial charge on any atom is -0.489 e. The summed E-state index contributed by atoms with van der Waals surface area (Å²) >= 11 is 3.46. The van der Waals surface area contributed by atoms with Gasteiger partial charge in [-0.1, -0.05) is 0 Å². The summed E-state index contributed by atoms with van der Waals surface area (Å²) in [5.74, 6) is 0.0567. The highest BCUT2D eigenvalue weighted by Crippen LogP contribution is 2.43. The number of hydrogen-bond acceptors (Lipinski definition) is 5. The van der Waals surface area contributed by atoms with Gasteiger partial charge in [-0.05, 0) is 49.3 Å². The van der Waals surface area contributed by atoms with Crippen LogP contribution in [0.3, 0.4) is 0 Å². The Bertz CT molecular complexity index is 928. The number of benzene rings is 1. The number of nitriles is 1. The Morgan fingerprint density at radius 1 is 1.36 bits per heavy atom. The molecule has 0 radical (unpaired) electrons. The molecule has 1 atom stereocenters. The first kappa shape index (κ1) is 19.2. The van der Waals surface area contributed by atoms with Crippen molar-refractivity contribution >= 4 is 21.6 Å². The van der Waals surface area contributed by atoms with Gasteiger partial charge in [0.25, 0.3) is 0 Å². The van der Waals surface area contributed by atoms with Gasteiger partial charge in [0, 0.05) is 32.2 Å². The Labute approximate surface area is 172 Å². The van der Waals surface area contributed by atoms with E-state index in [0.717, 1.165) is 32.4 Å². The van der Waals surface area contributed by atoms with Crippen molar-refractivity contribution in [3.05, 3.63) is 28.1 Å². The van der Waals surface area contributed by atoms with Gasteiger partial charge >= 0.3 is 0 Å². The Kier molecular flexibility index (Phi) is 5.06. The van der Waals surface area contributed by atoms with Crippen molar-refractivity contribution in [2.45, 2.75) is 31.4 Å². The molecule has 28 heavy (non-hydrogen) atoms. The van der Waals surface area contributed by atoms with E-state index in [0.29, 0.717) is 27.6 Å². The number of ether oxygens (including phenoxy) is 1. The summed E-state index contributed by atoms with van der Waals surface area (Å²) in [6.07, 6.45) is 4.63. The lowest BCUT2D eigenvalue weighted by atomic mass is 10.0. The van der Waals surface area contributed by atoms with Gasteiger partial charge in [-0.2, -0.15) is 10.4 Å². The van der Waals surface area contributed by atoms with E-state index < -0.39 is 5.82 Å². The van der Waals surface area contributed by atoms with Gasteiger partial charge < -0.3 is 14.5 Å². The molecule has 0 spiro atoms. The van der Waals surface area contributed by atoms with Crippen molar-refractivity contribution in [2.75, 3.05) is 32.1 Å². The molecule has 1 aliphatic heterocycles. The van der Waals surface area contributed by atoms with Crippen molar-refractivity contribution < 1.29 is 9.13 Å². The number of nitrogens with zero attached hydrogens (tertiary/aromatic N) is 5. The van der Waals surface area contributed by atoms with E-state index in [1.165, 1.54) is 0 Å². The van der Waals surface area contributed by atoms with E-state index in [1.807, 2.05) is 14.1 Å². The second-order valence-electron chi connectivity index (χ2n) is 7.70. The Morgan fingerprint density at radius 2 is 2.11 bits per heavy atom. The number of anilines is 1. The molecule has 4 rings (SSSR count). The first-order valence-electron chi connectivity index (χ1n) is 9.43.